The summed E-state index contributed by atoms with van der Waals surface area (Å²) in [6.07, 6.45) is 3.60. The Morgan fingerprint density at radius 1 is 1.70 bits per heavy atom. The molecule has 0 heterocycles. The summed E-state index contributed by atoms with van der Waals surface area (Å²) >= 11 is 0. The predicted molar refractivity (Wildman–Crippen MR) is 45.4 cm³/mol. The van der Waals surface area contributed by atoms with Crippen molar-refractivity contribution in [1.29, 1.82) is 0 Å². The van der Waals surface area contributed by atoms with E-state index in [-0.39, 0.29) is 0 Å². The summed E-state index contributed by atoms with van der Waals surface area (Å²) in [4.78, 5) is 0. The number of hydrogen-bond donors (Lipinski definition) is 1. The third-order valence-corrected chi connectivity index (χ3v) is 0.951. The molecule has 0 aromatic carbocycles. The molecule has 0 saturated heterocycles. The normalized spacial score (nSPS) is 9.60. The molecule has 0 unspecified atom stereocenters. The first-order chi connectivity index (χ1) is 4.85. The van der Waals surface area contributed by atoms with Crippen LogP contribution in [-0.4, -0.2) is 6.54 Å². The molecule has 10 heavy (non-hydrogen) atoms. The molecule has 1 N–H and O–H groups in total. The first kappa shape index (κ1) is 8.84. The van der Waals surface area contributed by atoms with Gasteiger partial charge in [0.15, 0.2) is 0 Å². The highest BCUT2D eigenvalue weighted by Gasteiger charge is 1.79. The maximum atomic E-state index is 3.62. The third kappa shape index (κ3) is 3.80. The van der Waals surface area contributed by atoms with E-state index in [4.69, 9.17) is 0 Å². The minimum atomic E-state index is 0.919. The maximum Gasteiger partial charge on any atom is 0.0395 e. The van der Waals surface area contributed by atoms with Gasteiger partial charge in [-0.3, -0.25) is 0 Å². The van der Waals surface area contributed by atoms with Crippen LogP contribution in [0.4, 0.5) is 0 Å². The summed E-state index contributed by atoms with van der Waals surface area (Å²) in [6, 6.07) is 0. The Labute approximate surface area is 62.8 Å². The van der Waals surface area contributed by atoms with Crippen molar-refractivity contribution in [3.63, 3.8) is 0 Å². The molecule has 1 heteroatoms. The van der Waals surface area contributed by atoms with E-state index in [2.05, 4.69) is 23.7 Å². The SMILES string of the molecule is C=C/C(C#CC)=C\NCC. The van der Waals surface area contributed by atoms with Gasteiger partial charge in [-0.1, -0.05) is 18.6 Å². The minimum absolute atomic E-state index is 0.919. The first-order valence-electron chi connectivity index (χ1n) is 3.33. The van der Waals surface area contributed by atoms with Crippen molar-refractivity contribution in [1.82, 2.24) is 5.32 Å². The zero-order valence-corrected chi connectivity index (χ0v) is 6.57. The van der Waals surface area contributed by atoms with Crippen molar-refractivity contribution in [3.05, 3.63) is 24.4 Å². The molecule has 0 radical (unpaired) electrons. The highest BCUT2D eigenvalue weighted by Crippen LogP contribution is 1.89. The van der Waals surface area contributed by atoms with E-state index in [9.17, 15) is 0 Å². The van der Waals surface area contributed by atoms with E-state index in [1.165, 1.54) is 0 Å². The van der Waals surface area contributed by atoms with Crippen LogP contribution < -0.4 is 5.32 Å². The van der Waals surface area contributed by atoms with Crippen LogP contribution in [0.3, 0.4) is 0 Å². The number of nitrogens with one attached hydrogen (secondary N) is 1. The second-order valence-corrected chi connectivity index (χ2v) is 1.74. The third-order valence-electron chi connectivity index (χ3n) is 0.951. The molecule has 0 aliphatic heterocycles. The van der Waals surface area contributed by atoms with Gasteiger partial charge in [-0.2, -0.15) is 0 Å². The largest absolute Gasteiger partial charge is 0.390 e. The van der Waals surface area contributed by atoms with E-state index >= 15 is 0 Å². The molecule has 0 aromatic rings. The lowest BCUT2D eigenvalue weighted by atomic mass is 10.3. The number of hydrogen-bond acceptors (Lipinski definition) is 1. The molecule has 1 nitrogen and oxygen atoms in total. The molecule has 0 aliphatic carbocycles. The Hall–Kier alpha value is -1.16. The van der Waals surface area contributed by atoms with Gasteiger partial charge in [0.25, 0.3) is 0 Å². The molecule has 0 bridgehead atoms. The Balaban J connectivity index is 4.00. The fraction of sp³-hybridized carbons (Fsp3) is 0.333. The van der Waals surface area contributed by atoms with Crippen LogP contribution in [0.15, 0.2) is 24.4 Å². The topological polar surface area (TPSA) is 12.0 Å². The van der Waals surface area contributed by atoms with E-state index in [1.54, 1.807) is 6.08 Å². The Morgan fingerprint density at radius 3 is 2.80 bits per heavy atom. The van der Waals surface area contributed by atoms with Crippen molar-refractivity contribution in [2.45, 2.75) is 13.8 Å². The number of rotatable bonds is 3. The molecule has 0 aromatic heterocycles. The Bertz CT molecular complexity index is 179. The van der Waals surface area contributed by atoms with Gasteiger partial charge < -0.3 is 5.32 Å². The summed E-state index contributed by atoms with van der Waals surface area (Å²) in [5.74, 6) is 5.70. The van der Waals surface area contributed by atoms with Crippen LogP contribution >= 0.6 is 0 Å². The van der Waals surface area contributed by atoms with Gasteiger partial charge >= 0.3 is 0 Å². The van der Waals surface area contributed by atoms with Gasteiger partial charge in [-0.25, -0.2) is 0 Å². The zero-order valence-electron chi connectivity index (χ0n) is 6.57. The predicted octanol–water partition coefficient (Wildman–Crippen LogP) is 1.69. The van der Waals surface area contributed by atoms with Crippen molar-refractivity contribution < 1.29 is 0 Å². The Kier molecular flexibility index (Phi) is 5.28. The first-order valence-corrected chi connectivity index (χ1v) is 3.33. The van der Waals surface area contributed by atoms with Crippen LogP contribution in [0, 0.1) is 11.8 Å². The van der Waals surface area contributed by atoms with Crippen LogP contribution in [0.5, 0.6) is 0 Å². The lowest BCUT2D eigenvalue weighted by Crippen LogP contribution is -2.02. The monoisotopic (exact) mass is 135 g/mol. The zero-order chi connectivity index (χ0) is 7.82. The Morgan fingerprint density at radius 2 is 2.40 bits per heavy atom. The highest BCUT2D eigenvalue weighted by atomic mass is 14.8. The van der Waals surface area contributed by atoms with E-state index in [1.807, 2.05) is 20.0 Å². The minimum Gasteiger partial charge on any atom is -0.390 e. The molecule has 0 spiro atoms. The molecule has 0 amide bonds. The second-order valence-electron chi connectivity index (χ2n) is 1.74. The smallest absolute Gasteiger partial charge is 0.0395 e. The number of allylic oxidation sites excluding steroid dienone is 2. The lowest BCUT2D eigenvalue weighted by molar-refractivity contribution is 0.916. The van der Waals surface area contributed by atoms with E-state index in [0.29, 0.717) is 0 Å². The van der Waals surface area contributed by atoms with Crippen molar-refractivity contribution >= 4 is 0 Å². The van der Waals surface area contributed by atoms with Gasteiger partial charge in [0, 0.05) is 18.3 Å². The van der Waals surface area contributed by atoms with Crippen molar-refractivity contribution in [2.75, 3.05) is 6.54 Å². The molecular weight excluding hydrogens is 122 g/mol. The molecule has 0 aliphatic rings. The molecule has 0 fully saturated rings. The van der Waals surface area contributed by atoms with Gasteiger partial charge in [0.05, 0.1) is 0 Å². The van der Waals surface area contributed by atoms with Crippen molar-refractivity contribution in [2.24, 2.45) is 0 Å². The summed E-state index contributed by atoms with van der Waals surface area (Å²) in [5, 5.41) is 3.05. The van der Waals surface area contributed by atoms with Crippen LogP contribution in [0.25, 0.3) is 0 Å². The fourth-order valence-electron chi connectivity index (χ4n) is 0.502. The average Bonchev–Trinajstić information content (AvgIpc) is 1.98. The average molecular weight is 135 g/mol. The van der Waals surface area contributed by atoms with Gasteiger partial charge in [-0.05, 0) is 13.8 Å². The van der Waals surface area contributed by atoms with E-state index < -0.39 is 0 Å². The fourth-order valence-corrected chi connectivity index (χ4v) is 0.502. The van der Waals surface area contributed by atoms with Gasteiger partial charge in [0.1, 0.15) is 0 Å². The lowest BCUT2D eigenvalue weighted by Gasteiger charge is -1.92. The van der Waals surface area contributed by atoms with Crippen LogP contribution in [0.2, 0.25) is 0 Å². The van der Waals surface area contributed by atoms with Crippen LogP contribution in [-0.2, 0) is 0 Å². The molecule has 0 atom stereocenters. The van der Waals surface area contributed by atoms with Gasteiger partial charge in [-0.15, -0.1) is 5.92 Å². The summed E-state index contributed by atoms with van der Waals surface area (Å²) in [6.45, 7) is 8.39. The molecule has 54 valence electrons. The molecule has 0 saturated carbocycles. The summed E-state index contributed by atoms with van der Waals surface area (Å²) in [7, 11) is 0. The second kappa shape index (κ2) is 5.97. The molecular formula is C9H13N. The molecule has 0 rings (SSSR count). The van der Waals surface area contributed by atoms with Crippen LogP contribution in [0.1, 0.15) is 13.8 Å². The summed E-state index contributed by atoms with van der Waals surface area (Å²) in [5.41, 5.74) is 0.935. The highest BCUT2D eigenvalue weighted by molar-refractivity contribution is 5.35. The van der Waals surface area contributed by atoms with Gasteiger partial charge in [0.2, 0.25) is 0 Å². The maximum absolute atomic E-state index is 3.62. The van der Waals surface area contributed by atoms with E-state index in [0.717, 1.165) is 12.1 Å². The standard InChI is InChI=1S/C9H13N/c1-4-7-9(5-2)8-10-6-3/h5,8,10H,2,6H2,1,3H3/b9-8+. The quantitative estimate of drug-likeness (QED) is 0.458. The summed E-state index contributed by atoms with van der Waals surface area (Å²) < 4.78 is 0. The van der Waals surface area contributed by atoms with Crippen molar-refractivity contribution in [3.8, 4) is 11.8 Å².